The Morgan fingerprint density at radius 2 is 1.79 bits per heavy atom. The lowest BCUT2D eigenvalue weighted by Crippen LogP contribution is -2.54. The van der Waals surface area contributed by atoms with Crippen molar-refractivity contribution in [3.8, 4) is 11.5 Å². The standard InChI is InChI=1S/C32H42N4O7/c1-5-6-7-8-24-10-11-25(31(39)42-24)29(37)36-20-23(33-43-32(2,3)4)18-26(36)30(38)35-15-13-34(14-16-35)19-22-9-12-27-28(17-22)41-21-40-27/h9-12,17,26H,5-8,13-16,18-21H2,1-4H3. The highest BCUT2D eigenvalue weighted by molar-refractivity contribution is 6.05. The van der Waals surface area contributed by atoms with E-state index in [-0.39, 0.29) is 31.2 Å². The third-order valence-electron chi connectivity index (χ3n) is 7.82. The number of unbranched alkanes of at least 4 members (excludes halogenated alkanes) is 2. The first-order valence-corrected chi connectivity index (χ1v) is 15.2. The molecule has 1 unspecified atom stereocenters. The number of oxime groups is 1. The molecule has 1 aromatic carbocycles. The largest absolute Gasteiger partial charge is 0.454 e. The van der Waals surface area contributed by atoms with Gasteiger partial charge in [0.05, 0.1) is 12.3 Å². The molecule has 0 aliphatic carbocycles. The predicted molar refractivity (Wildman–Crippen MR) is 160 cm³/mol. The number of piperazine rings is 1. The summed E-state index contributed by atoms with van der Waals surface area (Å²) in [7, 11) is 0. The van der Waals surface area contributed by atoms with Crippen LogP contribution in [0.3, 0.4) is 0 Å². The van der Waals surface area contributed by atoms with Crippen molar-refractivity contribution in [3.63, 3.8) is 0 Å². The summed E-state index contributed by atoms with van der Waals surface area (Å²) in [5.41, 5.74) is 0.421. The van der Waals surface area contributed by atoms with Crippen molar-refractivity contribution in [1.29, 1.82) is 0 Å². The van der Waals surface area contributed by atoms with E-state index in [1.807, 2.05) is 39.0 Å². The molecule has 0 radical (unpaired) electrons. The quantitative estimate of drug-likeness (QED) is 0.318. The third kappa shape index (κ3) is 7.57. The maximum atomic E-state index is 13.9. The van der Waals surface area contributed by atoms with Gasteiger partial charge in [0.2, 0.25) is 12.7 Å². The van der Waals surface area contributed by atoms with Crippen LogP contribution in [-0.2, 0) is 22.6 Å². The molecule has 4 heterocycles. The van der Waals surface area contributed by atoms with Crippen LogP contribution >= 0.6 is 0 Å². The zero-order valence-corrected chi connectivity index (χ0v) is 25.6. The molecule has 2 fully saturated rings. The third-order valence-corrected chi connectivity index (χ3v) is 7.82. The van der Waals surface area contributed by atoms with Gasteiger partial charge in [-0.25, -0.2) is 4.79 Å². The predicted octanol–water partition coefficient (Wildman–Crippen LogP) is 3.83. The van der Waals surface area contributed by atoms with Gasteiger partial charge in [-0.2, -0.15) is 0 Å². The molecule has 43 heavy (non-hydrogen) atoms. The lowest BCUT2D eigenvalue weighted by Gasteiger charge is -2.37. The van der Waals surface area contributed by atoms with Crippen molar-refractivity contribution >= 4 is 17.5 Å². The van der Waals surface area contributed by atoms with Crippen LogP contribution in [0.2, 0.25) is 0 Å². The van der Waals surface area contributed by atoms with Crippen molar-refractivity contribution in [2.24, 2.45) is 5.16 Å². The number of hydrogen-bond acceptors (Lipinski definition) is 9. The van der Waals surface area contributed by atoms with E-state index in [4.69, 9.17) is 18.7 Å². The van der Waals surface area contributed by atoms with Gasteiger partial charge >= 0.3 is 5.63 Å². The van der Waals surface area contributed by atoms with Gasteiger partial charge in [-0.05, 0) is 57.0 Å². The average Bonchev–Trinajstić information content (AvgIpc) is 3.63. The van der Waals surface area contributed by atoms with Gasteiger partial charge in [0, 0.05) is 45.6 Å². The first kappa shape index (κ1) is 30.6. The topological polar surface area (TPSA) is 114 Å². The van der Waals surface area contributed by atoms with Crippen LogP contribution in [0.4, 0.5) is 0 Å². The summed E-state index contributed by atoms with van der Waals surface area (Å²) in [6, 6.07) is 8.38. The summed E-state index contributed by atoms with van der Waals surface area (Å²) in [6.07, 6.45) is 3.89. The molecule has 3 aliphatic heterocycles. The van der Waals surface area contributed by atoms with Crippen LogP contribution in [0.15, 0.2) is 44.7 Å². The first-order chi connectivity index (χ1) is 20.6. The molecule has 11 nitrogen and oxygen atoms in total. The van der Waals surface area contributed by atoms with Crippen LogP contribution in [-0.4, -0.2) is 83.4 Å². The van der Waals surface area contributed by atoms with Crippen molar-refractivity contribution in [3.05, 3.63) is 57.6 Å². The fraction of sp³-hybridized carbons (Fsp3) is 0.562. The fourth-order valence-corrected chi connectivity index (χ4v) is 5.49. The number of benzene rings is 1. The van der Waals surface area contributed by atoms with E-state index in [1.165, 1.54) is 11.0 Å². The van der Waals surface area contributed by atoms with Crippen LogP contribution in [0.5, 0.6) is 11.5 Å². The molecule has 232 valence electrons. The second kappa shape index (κ2) is 13.2. The minimum atomic E-state index is -0.779. The van der Waals surface area contributed by atoms with Gasteiger partial charge in [0.15, 0.2) is 11.5 Å². The van der Waals surface area contributed by atoms with Gasteiger partial charge in [-0.1, -0.05) is 31.0 Å². The Bertz CT molecular complexity index is 1410. The number of fused-ring (bicyclic) bond motifs is 1. The number of aryl methyl sites for hydroxylation is 1. The molecule has 2 saturated heterocycles. The summed E-state index contributed by atoms with van der Waals surface area (Å²) in [5, 5.41) is 4.28. The fourth-order valence-electron chi connectivity index (χ4n) is 5.49. The molecule has 1 atom stereocenters. The monoisotopic (exact) mass is 594 g/mol. The van der Waals surface area contributed by atoms with E-state index < -0.39 is 23.2 Å². The molecule has 0 bridgehead atoms. The van der Waals surface area contributed by atoms with Gasteiger partial charge in [-0.3, -0.25) is 14.5 Å². The average molecular weight is 595 g/mol. The minimum Gasteiger partial charge on any atom is -0.454 e. The second-order valence-corrected chi connectivity index (χ2v) is 12.4. The first-order valence-electron chi connectivity index (χ1n) is 15.2. The van der Waals surface area contributed by atoms with Gasteiger partial charge < -0.3 is 28.5 Å². The number of hydrogen-bond donors (Lipinski definition) is 0. The van der Waals surface area contributed by atoms with Crippen LogP contribution in [0.25, 0.3) is 0 Å². The van der Waals surface area contributed by atoms with Gasteiger partial charge in [0.1, 0.15) is 23.0 Å². The smallest absolute Gasteiger partial charge is 0.348 e. The molecule has 11 heteroatoms. The highest BCUT2D eigenvalue weighted by atomic mass is 16.7. The van der Waals surface area contributed by atoms with E-state index in [9.17, 15) is 14.4 Å². The highest BCUT2D eigenvalue weighted by Crippen LogP contribution is 2.33. The Hall–Kier alpha value is -3.86. The van der Waals surface area contributed by atoms with Crippen molar-refractivity contribution in [2.75, 3.05) is 39.5 Å². The Labute approximate surface area is 252 Å². The van der Waals surface area contributed by atoms with E-state index >= 15 is 0 Å². The molecule has 0 spiro atoms. The molecule has 3 aliphatic rings. The maximum absolute atomic E-state index is 13.9. The van der Waals surface area contributed by atoms with E-state index in [2.05, 4.69) is 17.0 Å². The number of carbonyl (C=O) groups is 2. The number of likely N-dealkylation sites (tertiary alicyclic amines) is 1. The van der Waals surface area contributed by atoms with Gasteiger partial charge in [0.25, 0.3) is 5.91 Å². The summed E-state index contributed by atoms with van der Waals surface area (Å²) in [5.74, 6) is 1.38. The number of ether oxygens (including phenoxy) is 2. The van der Waals surface area contributed by atoms with Gasteiger partial charge in [-0.15, -0.1) is 0 Å². The molecular formula is C32H42N4O7. The minimum absolute atomic E-state index is 0.0800. The molecule has 2 aromatic rings. The lowest BCUT2D eigenvalue weighted by molar-refractivity contribution is -0.137. The van der Waals surface area contributed by atoms with E-state index in [0.717, 1.165) is 42.9 Å². The number of amides is 2. The van der Waals surface area contributed by atoms with Crippen LogP contribution in [0, 0.1) is 0 Å². The molecule has 2 amide bonds. The Kier molecular flexibility index (Phi) is 9.39. The molecular weight excluding hydrogens is 552 g/mol. The normalized spacial score (nSPS) is 19.7. The highest BCUT2D eigenvalue weighted by Gasteiger charge is 2.42. The summed E-state index contributed by atoms with van der Waals surface area (Å²) in [6.45, 7) is 11.3. The van der Waals surface area contributed by atoms with Crippen molar-refractivity contribution in [1.82, 2.24) is 14.7 Å². The number of nitrogens with zero attached hydrogens (tertiary/aromatic N) is 4. The molecule has 0 saturated carbocycles. The maximum Gasteiger partial charge on any atom is 0.348 e. The Morgan fingerprint density at radius 1 is 1.02 bits per heavy atom. The molecule has 0 N–H and O–H groups in total. The van der Waals surface area contributed by atoms with Crippen LogP contribution < -0.4 is 15.1 Å². The SMILES string of the molecule is CCCCCc1ccc(C(=O)N2CC(=NOC(C)(C)C)CC2C(=O)N2CCN(Cc3ccc4c(c3)OCO4)CC2)c(=O)o1. The summed E-state index contributed by atoms with van der Waals surface area (Å²) in [4.78, 5) is 51.6. The number of rotatable bonds is 9. The Morgan fingerprint density at radius 3 is 2.51 bits per heavy atom. The van der Waals surface area contributed by atoms with Crippen molar-refractivity contribution in [2.45, 2.75) is 78.0 Å². The van der Waals surface area contributed by atoms with E-state index in [1.54, 1.807) is 11.0 Å². The van der Waals surface area contributed by atoms with E-state index in [0.29, 0.717) is 44.1 Å². The zero-order chi connectivity index (χ0) is 30.6. The zero-order valence-electron chi connectivity index (χ0n) is 25.6. The molecule has 5 rings (SSSR count). The Balaban J connectivity index is 1.26. The van der Waals surface area contributed by atoms with Crippen molar-refractivity contribution < 1.29 is 28.3 Å². The van der Waals surface area contributed by atoms with Crippen LogP contribution in [0.1, 0.15) is 75.1 Å². The number of carbonyl (C=O) groups excluding carboxylic acids is 2. The second-order valence-electron chi connectivity index (χ2n) is 12.4. The molecule has 1 aromatic heterocycles. The summed E-state index contributed by atoms with van der Waals surface area (Å²) >= 11 is 0. The summed E-state index contributed by atoms with van der Waals surface area (Å²) < 4.78 is 16.4. The lowest BCUT2D eigenvalue weighted by atomic mass is 10.1.